The number of aryl methyl sites for hydroxylation is 2. The summed E-state index contributed by atoms with van der Waals surface area (Å²) in [7, 11) is 0. The summed E-state index contributed by atoms with van der Waals surface area (Å²) in [5, 5.41) is 3.41. The summed E-state index contributed by atoms with van der Waals surface area (Å²) in [6, 6.07) is 7.01. The largest absolute Gasteiger partial charge is 0.309 e. The number of terminal acetylenes is 1. The van der Waals surface area contributed by atoms with Crippen LogP contribution >= 0.6 is 0 Å². The van der Waals surface area contributed by atoms with E-state index in [9.17, 15) is 0 Å². The normalized spacial score (nSPS) is 12.1. The van der Waals surface area contributed by atoms with Gasteiger partial charge in [0.1, 0.15) is 0 Å². The van der Waals surface area contributed by atoms with Crippen LogP contribution < -0.4 is 5.32 Å². The van der Waals surface area contributed by atoms with Crippen molar-refractivity contribution >= 4 is 0 Å². The number of hydrogen-bond donors (Lipinski definition) is 1. The molecule has 80 valence electrons. The van der Waals surface area contributed by atoms with Crippen molar-refractivity contribution in [3.8, 4) is 12.3 Å². The SMILES string of the molecule is C#CCCNC(C)c1cc(C)cc(C)c1. The van der Waals surface area contributed by atoms with Gasteiger partial charge in [0, 0.05) is 19.0 Å². The summed E-state index contributed by atoms with van der Waals surface area (Å²) in [6.45, 7) is 7.31. The Morgan fingerprint density at radius 2 is 1.87 bits per heavy atom. The highest BCUT2D eigenvalue weighted by atomic mass is 14.9. The fraction of sp³-hybridized carbons (Fsp3) is 0.429. The van der Waals surface area contributed by atoms with Crippen LogP contribution in [0.3, 0.4) is 0 Å². The Morgan fingerprint density at radius 3 is 2.40 bits per heavy atom. The molecule has 0 aliphatic carbocycles. The van der Waals surface area contributed by atoms with E-state index in [2.05, 4.69) is 50.2 Å². The lowest BCUT2D eigenvalue weighted by atomic mass is 10.0. The van der Waals surface area contributed by atoms with Crippen molar-refractivity contribution in [1.82, 2.24) is 5.32 Å². The van der Waals surface area contributed by atoms with Gasteiger partial charge < -0.3 is 5.32 Å². The summed E-state index contributed by atoms with van der Waals surface area (Å²) >= 11 is 0. The summed E-state index contributed by atoms with van der Waals surface area (Å²) in [6.07, 6.45) is 6.00. The van der Waals surface area contributed by atoms with Crippen LogP contribution in [0, 0.1) is 26.2 Å². The van der Waals surface area contributed by atoms with Gasteiger partial charge in [-0.05, 0) is 26.3 Å². The van der Waals surface area contributed by atoms with Gasteiger partial charge in [-0.1, -0.05) is 29.3 Å². The Kier molecular flexibility index (Phi) is 4.39. The quantitative estimate of drug-likeness (QED) is 0.583. The van der Waals surface area contributed by atoms with Crippen molar-refractivity contribution in [1.29, 1.82) is 0 Å². The van der Waals surface area contributed by atoms with Crippen LogP contribution in [-0.4, -0.2) is 6.54 Å². The van der Waals surface area contributed by atoms with E-state index in [1.807, 2.05) is 0 Å². The highest BCUT2D eigenvalue weighted by molar-refractivity contribution is 5.30. The fourth-order valence-electron chi connectivity index (χ4n) is 1.74. The third-order valence-corrected chi connectivity index (χ3v) is 2.46. The van der Waals surface area contributed by atoms with Gasteiger partial charge >= 0.3 is 0 Å². The molecule has 0 spiro atoms. The van der Waals surface area contributed by atoms with E-state index in [1.54, 1.807) is 0 Å². The summed E-state index contributed by atoms with van der Waals surface area (Å²) in [5.74, 6) is 2.63. The van der Waals surface area contributed by atoms with Crippen molar-refractivity contribution < 1.29 is 0 Å². The van der Waals surface area contributed by atoms with E-state index in [4.69, 9.17) is 6.42 Å². The van der Waals surface area contributed by atoms with Crippen molar-refractivity contribution in [2.75, 3.05) is 6.54 Å². The van der Waals surface area contributed by atoms with Crippen LogP contribution in [0.15, 0.2) is 18.2 Å². The minimum atomic E-state index is 0.372. The maximum atomic E-state index is 5.21. The summed E-state index contributed by atoms with van der Waals surface area (Å²) in [4.78, 5) is 0. The maximum absolute atomic E-state index is 5.21. The molecule has 1 aromatic rings. The molecule has 0 bridgehead atoms. The minimum absolute atomic E-state index is 0.372. The third-order valence-electron chi connectivity index (χ3n) is 2.46. The van der Waals surface area contributed by atoms with Crippen LogP contribution in [0.4, 0.5) is 0 Å². The standard InChI is InChI=1S/C14H19N/c1-5-6-7-15-13(4)14-9-11(2)8-12(3)10-14/h1,8-10,13,15H,6-7H2,2-4H3. The molecule has 1 atom stereocenters. The molecule has 0 saturated carbocycles. The van der Waals surface area contributed by atoms with Gasteiger partial charge in [0.2, 0.25) is 0 Å². The second-order valence-electron chi connectivity index (χ2n) is 4.05. The Hall–Kier alpha value is -1.26. The zero-order valence-electron chi connectivity index (χ0n) is 9.80. The summed E-state index contributed by atoms with van der Waals surface area (Å²) < 4.78 is 0. The molecule has 0 aliphatic heterocycles. The second kappa shape index (κ2) is 5.58. The molecule has 1 unspecified atom stereocenters. The van der Waals surface area contributed by atoms with Crippen LogP contribution in [0.5, 0.6) is 0 Å². The van der Waals surface area contributed by atoms with Crippen LogP contribution in [0.25, 0.3) is 0 Å². The van der Waals surface area contributed by atoms with Crippen LogP contribution in [0.1, 0.15) is 36.1 Å². The summed E-state index contributed by atoms with van der Waals surface area (Å²) in [5.41, 5.74) is 3.97. The van der Waals surface area contributed by atoms with E-state index >= 15 is 0 Å². The molecule has 1 rings (SSSR count). The molecular formula is C14H19N. The first-order valence-corrected chi connectivity index (χ1v) is 5.38. The topological polar surface area (TPSA) is 12.0 Å². The number of nitrogens with one attached hydrogen (secondary N) is 1. The van der Waals surface area contributed by atoms with E-state index in [1.165, 1.54) is 16.7 Å². The first kappa shape index (κ1) is 11.8. The molecule has 1 heteroatoms. The van der Waals surface area contributed by atoms with Gasteiger partial charge in [-0.25, -0.2) is 0 Å². The Balaban J connectivity index is 2.65. The molecule has 0 radical (unpaired) electrons. The van der Waals surface area contributed by atoms with Gasteiger partial charge in [-0.2, -0.15) is 0 Å². The Bertz CT molecular complexity index is 340. The maximum Gasteiger partial charge on any atom is 0.0292 e. The number of rotatable bonds is 4. The number of hydrogen-bond acceptors (Lipinski definition) is 1. The molecule has 0 heterocycles. The fourth-order valence-corrected chi connectivity index (χ4v) is 1.74. The highest BCUT2D eigenvalue weighted by Gasteiger charge is 2.04. The van der Waals surface area contributed by atoms with Crippen molar-refractivity contribution in [2.45, 2.75) is 33.2 Å². The van der Waals surface area contributed by atoms with Gasteiger partial charge in [-0.15, -0.1) is 12.3 Å². The Labute approximate surface area is 92.9 Å². The molecular weight excluding hydrogens is 182 g/mol. The molecule has 0 saturated heterocycles. The predicted octanol–water partition coefficient (Wildman–Crippen LogP) is 2.98. The third kappa shape index (κ3) is 3.77. The smallest absolute Gasteiger partial charge is 0.0292 e. The molecule has 1 N–H and O–H groups in total. The van der Waals surface area contributed by atoms with E-state index in [-0.39, 0.29) is 0 Å². The monoisotopic (exact) mass is 201 g/mol. The Morgan fingerprint density at radius 1 is 1.27 bits per heavy atom. The van der Waals surface area contributed by atoms with E-state index in [0.717, 1.165) is 13.0 Å². The van der Waals surface area contributed by atoms with Gasteiger partial charge in [0.25, 0.3) is 0 Å². The average molecular weight is 201 g/mol. The van der Waals surface area contributed by atoms with E-state index in [0.29, 0.717) is 6.04 Å². The minimum Gasteiger partial charge on any atom is -0.309 e. The number of benzene rings is 1. The molecule has 1 aromatic carbocycles. The average Bonchev–Trinajstić information content (AvgIpc) is 2.16. The molecule has 1 nitrogen and oxygen atoms in total. The zero-order chi connectivity index (χ0) is 11.3. The molecule has 0 aromatic heterocycles. The molecule has 0 fully saturated rings. The lowest BCUT2D eigenvalue weighted by molar-refractivity contribution is 0.583. The van der Waals surface area contributed by atoms with E-state index < -0.39 is 0 Å². The zero-order valence-corrected chi connectivity index (χ0v) is 9.80. The van der Waals surface area contributed by atoms with Crippen LogP contribution in [0.2, 0.25) is 0 Å². The first-order valence-electron chi connectivity index (χ1n) is 5.38. The van der Waals surface area contributed by atoms with Crippen molar-refractivity contribution in [2.24, 2.45) is 0 Å². The van der Waals surface area contributed by atoms with Crippen molar-refractivity contribution in [3.05, 3.63) is 34.9 Å². The molecule has 15 heavy (non-hydrogen) atoms. The lowest BCUT2D eigenvalue weighted by Crippen LogP contribution is -2.19. The van der Waals surface area contributed by atoms with Gasteiger partial charge in [-0.3, -0.25) is 0 Å². The highest BCUT2D eigenvalue weighted by Crippen LogP contribution is 2.16. The second-order valence-corrected chi connectivity index (χ2v) is 4.05. The van der Waals surface area contributed by atoms with Gasteiger partial charge in [0.15, 0.2) is 0 Å². The lowest BCUT2D eigenvalue weighted by Gasteiger charge is -2.14. The predicted molar refractivity (Wildman–Crippen MR) is 65.8 cm³/mol. The first-order chi connectivity index (χ1) is 7.13. The molecule has 0 aliphatic rings. The van der Waals surface area contributed by atoms with Crippen molar-refractivity contribution in [3.63, 3.8) is 0 Å². The molecule has 0 amide bonds. The van der Waals surface area contributed by atoms with Gasteiger partial charge in [0.05, 0.1) is 0 Å². The van der Waals surface area contributed by atoms with Crippen LogP contribution in [-0.2, 0) is 0 Å².